The Kier molecular flexibility index (Phi) is 5.01. The fourth-order valence-corrected chi connectivity index (χ4v) is 2.17. The summed E-state index contributed by atoms with van der Waals surface area (Å²) in [5.41, 5.74) is 6.72. The van der Waals surface area contributed by atoms with E-state index >= 15 is 0 Å². The molecule has 108 valence electrons. The first kappa shape index (κ1) is 14.4. The lowest BCUT2D eigenvalue weighted by Gasteiger charge is -2.24. The number of hydrogen-bond donors (Lipinski definition) is 1. The van der Waals surface area contributed by atoms with Crippen LogP contribution in [0.25, 0.3) is 0 Å². The number of hydrogen-bond acceptors (Lipinski definition) is 4. The number of ether oxygens (including phenoxy) is 1. The lowest BCUT2D eigenvalue weighted by molar-refractivity contribution is 0.415. The van der Waals surface area contributed by atoms with Crippen molar-refractivity contribution in [2.24, 2.45) is 5.73 Å². The zero-order valence-corrected chi connectivity index (χ0v) is 12.1. The topological polar surface area (TPSA) is 56.3 Å². The summed E-state index contributed by atoms with van der Waals surface area (Å²) in [6.45, 7) is 4.49. The molecule has 2 N–H and O–H groups in total. The third kappa shape index (κ3) is 3.11. The van der Waals surface area contributed by atoms with Crippen LogP contribution in [0.2, 0.25) is 0 Å². The summed E-state index contributed by atoms with van der Waals surface area (Å²) < 4.78 is 7.43. The number of imidazole rings is 1. The third-order valence-corrected chi connectivity index (χ3v) is 3.23. The Morgan fingerprint density at radius 3 is 2.95 bits per heavy atom. The van der Waals surface area contributed by atoms with Crippen molar-refractivity contribution in [3.63, 3.8) is 0 Å². The van der Waals surface area contributed by atoms with Gasteiger partial charge in [0.15, 0.2) is 0 Å². The average Bonchev–Trinajstić information content (AvgIpc) is 2.96. The van der Waals surface area contributed by atoms with Gasteiger partial charge in [-0.1, -0.05) is 6.07 Å². The van der Waals surface area contributed by atoms with Crippen LogP contribution < -0.4 is 15.4 Å². The van der Waals surface area contributed by atoms with Crippen LogP contribution in [-0.4, -0.2) is 29.8 Å². The lowest BCUT2D eigenvalue weighted by atomic mass is 10.2. The monoisotopic (exact) mass is 274 g/mol. The largest absolute Gasteiger partial charge is 0.497 e. The standard InChI is InChI=1S/C15H22N4O/c1-3-18-11-9-17-15(18)19(10-5-8-16)13-6-4-7-14(12-13)20-2/h4,6-7,9,11-12H,3,5,8,10,16H2,1-2H3. The maximum Gasteiger partial charge on any atom is 0.209 e. The summed E-state index contributed by atoms with van der Waals surface area (Å²) in [7, 11) is 1.68. The van der Waals surface area contributed by atoms with Gasteiger partial charge in [0.05, 0.1) is 7.11 Å². The number of aryl methyl sites for hydroxylation is 1. The molecule has 1 heterocycles. The first-order valence-electron chi connectivity index (χ1n) is 6.93. The van der Waals surface area contributed by atoms with Crippen LogP contribution in [0, 0.1) is 0 Å². The number of aromatic nitrogens is 2. The molecule has 20 heavy (non-hydrogen) atoms. The van der Waals surface area contributed by atoms with Gasteiger partial charge in [0, 0.05) is 37.2 Å². The van der Waals surface area contributed by atoms with Crippen molar-refractivity contribution in [2.45, 2.75) is 19.9 Å². The van der Waals surface area contributed by atoms with Crippen LogP contribution in [0.3, 0.4) is 0 Å². The third-order valence-electron chi connectivity index (χ3n) is 3.23. The van der Waals surface area contributed by atoms with Gasteiger partial charge in [0.2, 0.25) is 5.95 Å². The quantitative estimate of drug-likeness (QED) is 0.842. The van der Waals surface area contributed by atoms with E-state index in [0.29, 0.717) is 6.54 Å². The van der Waals surface area contributed by atoms with E-state index in [1.165, 1.54) is 0 Å². The minimum atomic E-state index is 0.660. The van der Waals surface area contributed by atoms with Gasteiger partial charge in [-0.2, -0.15) is 0 Å². The molecule has 0 aliphatic rings. The molecule has 0 radical (unpaired) electrons. The van der Waals surface area contributed by atoms with Gasteiger partial charge in [-0.25, -0.2) is 4.98 Å². The predicted octanol–water partition coefficient (Wildman–Crippen LogP) is 2.40. The highest BCUT2D eigenvalue weighted by Gasteiger charge is 2.14. The normalized spacial score (nSPS) is 10.6. The van der Waals surface area contributed by atoms with E-state index in [1.807, 2.05) is 30.6 Å². The van der Waals surface area contributed by atoms with E-state index in [9.17, 15) is 0 Å². The number of nitrogens with two attached hydrogens (primary N) is 1. The maximum absolute atomic E-state index is 5.66. The second-order valence-corrected chi connectivity index (χ2v) is 4.51. The molecule has 1 aromatic carbocycles. The summed E-state index contributed by atoms with van der Waals surface area (Å²) in [4.78, 5) is 6.66. The second kappa shape index (κ2) is 6.96. The van der Waals surface area contributed by atoms with Crippen LogP contribution in [0.4, 0.5) is 11.6 Å². The molecular formula is C15H22N4O. The Morgan fingerprint density at radius 2 is 2.25 bits per heavy atom. The van der Waals surface area contributed by atoms with Crippen molar-refractivity contribution in [3.05, 3.63) is 36.7 Å². The molecule has 0 unspecified atom stereocenters. The van der Waals surface area contributed by atoms with Crippen molar-refractivity contribution in [2.75, 3.05) is 25.1 Å². The van der Waals surface area contributed by atoms with Crippen LogP contribution in [0.1, 0.15) is 13.3 Å². The smallest absolute Gasteiger partial charge is 0.209 e. The molecule has 0 aliphatic carbocycles. The molecule has 5 nitrogen and oxygen atoms in total. The van der Waals surface area contributed by atoms with Gasteiger partial charge in [-0.15, -0.1) is 0 Å². The molecule has 0 fully saturated rings. The van der Waals surface area contributed by atoms with E-state index in [2.05, 4.69) is 27.4 Å². The molecule has 0 amide bonds. The molecule has 0 atom stereocenters. The molecule has 2 aromatic rings. The van der Waals surface area contributed by atoms with Gasteiger partial charge >= 0.3 is 0 Å². The van der Waals surface area contributed by atoms with Gasteiger partial charge in [0.1, 0.15) is 5.75 Å². The number of nitrogens with zero attached hydrogens (tertiary/aromatic N) is 3. The molecule has 0 aliphatic heterocycles. The van der Waals surface area contributed by atoms with Crippen molar-refractivity contribution in [3.8, 4) is 5.75 Å². The highest BCUT2D eigenvalue weighted by Crippen LogP contribution is 2.27. The van der Waals surface area contributed by atoms with E-state index in [4.69, 9.17) is 10.5 Å². The Morgan fingerprint density at radius 1 is 1.40 bits per heavy atom. The van der Waals surface area contributed by atoms with Crippen LogP contribution >= 0.6 is 0 Å². The fraction of sp³-hybridized carbons (Fsp3) is 0.400. The molecule has 0 bridgehead atoms. The summed E-state index contributed by atoms with van der Waals surface area (Å²) >= 11 is 0. The maximum atomic E-state index is 5.66. The minimum absolute atomic E-state index is 0.660. The van der Waals surface area contributed by atoms with Gasteiger partial charge < -0.3 is 19.9 Å². The molecule has 2 rings (SSSR count). The van der Waals surface area contributed by atoms with Crippen LogP contribution in [-0.2, 0) is 6.54 Å². The van der Waals surface area contributed by atoms with E-state index < -0.39 is 0 Å². The van der Waals surface area contributed by atoms with Crippen LogP contribution in [0.5, 0.6) is 5.75 Å². The van der Waals surface area contributed by atoms with E-state index in [0.717, 1.165) is 36.9 Å². The van der Waals surface area contributed by atoms with Crippen molar-refractivity contribution >= 4 is 11.6 Å². The Balaban J connectivity index is 2.36. The summed E-state index contributed by atoms with van der Waals surface area (Å²) in [6.07, 6.45) is 4.73. The fourth-order valence-electron chi connectivity index (χ4n) is 2.17. The van der Waals surface area contributed by atoms with Gasteiger partial charge in [-0.3, -0.25) is 0 Å². The molecule has 0 saturated heterocycles. The highest BCUT2D eigenvalue weighted by molar-refractivity contribution is 5.59. The Labute approximate surface area is 120 Å². The molecule has 0 saturated carbocycles. The molecular weight excluding hydrogens is 252 g/mol. The zero-order chi connectivity index (χ0) is 14.4. The number of anilines is 2. The lowest BCUT2D eigenvalue weighted by Crippen LogP contribution is -2.24. The van der Waals surface area contributed by atoms with Crippen molar-refractivity contribution < 1.29 is 4.74 Å². The number of methoxy groups -OCH3 is 1. The predicted molar refractivity (Wildman–Crippen MR) is 81.6 cm³/mol. The minimum Gasteiger partial charge on any atom is -0.497 e. The molecule has 1 aromatic heterocycles. The average molecular weight is 274 g/mol. The molecule has 0 spiro atoms. The summed E-state index contributed by atoms with van der Waals surface area (Å²) in [5, 5.41) is 0. The Bertz CT molecular complexity index is 538. The molecule has 5 heteroatoms. The SMILES string of the molecule is CCn1ccnc1N(CCCN)c1cccc(OC)c1. The zero-order valence-electron chi connectivity index (χ0n) is 12.1. The first-order valence-corrected chi connectivity index (χ1v) is 6.93. The number of benzene rings is 1. The van der Waals surface area contributed by atoms with E-state index in [-0.39, 0.29) is 0 Å². The van der Waals surface area contributed by atoms with Gasteiger partial charge in [0.25, 0.3) is 0 Å². The first-order chi connectivity index (χ1) is 9.80. The van der Waals surface area contributed by atoms with Crippen molar-refractivity contribution in [1.82, 2.24) is 9.55 Å². The van der Waals surface area contributed by atoms with E-state index in [1.54, 1.807) is 7.11 Å². The highest BCUT2D eigenvalue weighted by atomic mass is 16.5. The van der Waals surface area contributed by atoms with Gasteiger partial charge in [-0.05, 0) is 32.0 Å². The number of rotatable bonds is 7. The summed E-state index contributed by atoms with van der Waals surface area (Å²) in [5.74, 6) is 1.78. The second-order valence-electron chi connectivity index (χ2n) is 4.51. The van der Waals surface area contributed by atoms with Crippen molar-refractivity contribution in [1.29, 1.82) is 0 Å². The Hall–Kier alpha value is -2.01. The summed E-state index contributed by atoms with van der Waals surface area (Å²) in [6, 6.07) is 8.01. The van der Waals surface area contributed by atoms with Crippen LogP contribution in [0.15, 0.2) is 36.7 Å².